The predicted molar refractivity (Wildman–Crippen MR) is 112 cm³/mol. The van der Waals surface area contributed by atoms with Crippen molar-refractivity contribution in [3.05, 3.63) is 68.9 Å². The fraction of sp³-hybridized carbons (Fsp3) is 0.227. The number of ether oxygens (including phenoxy) is 3. The Labute approximate surface area is 178 Å². The number of rotatable bonds is 7. The van der Waals surface area contributed by atoms with E-state index in [9.17, 15) is 19.7 Å². The second kappa shape index (κ2) is 9.21. The van der Waals surface area contributed by atoms with Gasteiger partial charge in [0.2, 0.25) is 5.90 Å². The zero-order valence-corrected chi connectivity index (χ0v) is 17.2. The van der Waals surface area contributed by atoms with Gasteiger partial charge in [0.05, 0.1) is 11.5 Å². The molecular weight excluding hydrogens is 404 g/mol. The zero-order valence-electron chi connectivity index (χ0n) is 17.2. The summed E-state index contributed by atoms with van der Waals surface area (Å²) >= 11 is 0. The summed E-state index contributed by atoms with van der Waals surface area (Å²) in [5.41, 5.74) is 1.32. The van der Waals surface area contributed by atoms with E-state index >= 15 is 0 Å². The van der Waals surface area contributed by atoms with Gasteiger partial charge in [-0.15, -0.1) is 0 Å². The number of nitrogens with zero attached hydrogens (tertiary/aromatic N) is 2. The highest BCUT2D eigenvalue weighted by Crippen LogP contribution is 2.31. The number of aliphatic imine (C=N–C) groups is 1. The number of esters is 2. The molecule has 0 aliphatic carbocycles. The number of carbonyl (C=O) groups excluding carboxylic acids is 2. The van der Waals surface area contributed by atoms with E-state index in [1.807, 2.05) is 0 Å². The molecule has 1 aliphatic rings. The summed E-state index contributed by atoms with van der Waals surface area (Å²) in [6.07, 6.45) is 1.71. The van der Waals surface area contributed by atoms with Gasteiger partial charge in [0, 0.05) is 23.6 Å². The molecule has 9 heteroatoms. The van der Waals surface area contributed by atoms with E-state index < -0.39 is 16.9 Å². The summed E-state index contributed by atoms with van der Waals surface area (Å²) in [5, 5.41) is 11.2. The third-order valence-electron chi connectivity index (χ3n) is 4.36. The highest BCUT2D eigenvalue weighted by molar-refractivity contribution is 6.13. The molecule has 0 aromatic heterocycles. The lowest BCUT2D eigenvalue weighted by atomic mass is 10.1. The molecule has 0 saturated heterocycles. The van der Waals surface area contributed by atoms with Crippen molar-refractivity contribution in [2.24, 2.45) is 4.99 Å². The maximum absolute atomic E-state index is 12.3. The van der Waals surface area contributed by atoms with Gasteiger partial charge in [-0.05, 0) is 43.7 Å². The molecule has 0 saturated carbocycles. The maximum atomic E-state index is 12.3. The van der Waals surface area contributed by atoms with Gasteiger partial charge in [-0.3, -0.25) is 14.9 Å². The van der Waals surface area contributed by atoms with E-state index in [4.69, 9.17) is 14.2 Å². The first kappa shape index (κ1) is 21.7. The fourth-order valence-electron chi connectivity index (χ4n) is 2.79. The Morgan fingerprint density at radius 2 is 1.97 bits per heavy atom. The quantitative estimate of drug-likeness (QED) is 0.217. The van der Waals surface area contributed by atoms with Gasteiger partial charge in [0.25, 0.3) is 5.69 Å². The summed E-state index contributed by atoms with van der Waals surface area (Å²) < 4.78 is 16.0. The van der Waals surface area contributed by atoms with Crippen molar-refractivity contribution in [1.82, 2.24) is 0 Å². The SMILES string of the molecule is CCOc1cc(C=C2N=C(c3ccc(C)c([N+](=O)[O-])c3)OC2=O)ccc1OC(=O)CC. The smallest absolute Gasteiger partial charge is 0.363 e. The van der Waals surface area contributed by atoms with Gasteiger partial charge in [0.15, 0.2) is 17.2 Å². The van der Waals surface area contributed by atoms with E-state index in [1.54, 1.807) is 51.1 Å². The number of nitro benzene ring substituents is 1. The molecule has 0 N–H and O–H groups in total. The lowest BCUT2D eigenvalue weighted by Gasteiger charge is -2.10. The molecule has 2 aromatic rings. The summed E-state index contributed by atoms with van der Waals surface area (Å²) in [5.74, 6) is -0.465. The zero-order chi connectivity index (χ0) is 22.5. The highest BCUT2D eigenvalue weighted by Gasteiger charge is 2.26. The fourth-order valence-corrected chi connectivity index (χ4v) is 2.79. The van der Waals surface area contributed by atoms with Gasteiger partial charge in [0.1, 0.15) is 0 Å². The average Bonchev–Trinajstić information content (AvgIpc) is 3.10. The minimum atomic E-state index is -0.683. The van der Waals surface area contributed by atoms with Crippen molar-refractivity contribution in [3.8, 4) is 11.5 Å². The van der Waals surface area contributed by atoms with Crippen molar-refractivity contribution < 1.29 is 28.7 Å². The van der Waals surface area contributed by atoms with Crippen LogP contribution in [0.5, 0.6) is 11.5 Å². The van der Waals surface area contributed by atoms with Crippen LogP contribution in [0.3, 0.4) is 0 Å². The van der Waals surface area contributed by atoms with E-state index in [2.05, 4.69) is 4.99 Å². The van der Waals surface area contributed by atoms with E-state index in [0.29, 0.717) is 29.0 Å². The molecular formula is C22H20N2O7. The van der Waals surface area contributed by atoms with Crippen LogP contribution in [0.25, 0.3) is 6.08 Å². The van der Waals surface area contributed by atoms with Crippen LogP contribution < -0.4 is 9.47 Å². The van der Waals surface area contributed by atoms with Crippen molar-refractivity contribution >= 4 is 29.6 Å². The lowest BCUT2D eigenvalue weighted by Crippen LogP contribution is -2.07. The molecule has 0 amide bonds. The Balaban J connectivity index is 1.93. The van der Waals surface area contributed by atoms with Crippen LogP contribution >= 0.6 is 0 Å². The number of hydrogen-bond donors (Lipinski definition) is 0. The largest absolute Gasteiger partial charge is 0.490 e. The molecule has 0 bridgehead atoms. The molecule has 1 heterocycles. The van der Waals surface area contributed by atoms with Gasteiger partial charge in [-0.2, -0.15) is 0 Å². The van der Waals surface area contributed by atoms with Crippen LogP contribution in [-0.4, -0.2) is 29.4 Å². The first-order valence-electron chi connectivity index (χ1n) is 9.57. The van der Waals surface area contributed by atoms with Crippen LogP contribution in [0.2, 0.25) is 0 Å². The Morgan fingerprint density at radius 1 is 1.19 bits per heavy atom. The number of benzene rings is 2. The number of cyclic esters (lactones) is 1. The van der Waals surface area contributed by atoms with Crippen molar-refractivity contribution in [3.63, 3.8) is 0 Å². The van der Waals surface area contributed by atoms with Crippen LogP contribution in [0.15, 0.2) is 47.1 Å². The molecule has 0 atom stereocenters. The third kappa shape index (κ3) is 4.95. The number of aryl methyl sites for hydroxylation is 1. The number of hydrogen-bond acceptors (Lipinski definition) is 8. The van der Waals surface area contributed by atoms with Crippen LogP contribution in [0, 0.1) is 17.0 Å². The van der Waals surface area contributed by atoms with E-state index in [-0.39, 0.29) is 29.5 Å². The van der Waals surface area contributed by atoms with Crippen molar-refractivity contribution in [2.75, 3.05) is 6.61 Å². The molecule has 0 unspecified atom stereocenters. The third-order valence-corrected chi connectivity index (χ3v) is 4.36. The van der Waals surface area contributed by atoms with Crippen LogP contribution in [0.1, 0.15) is 37.0 Å². The predicted octanol–water partition coefficient (Wildman–Crippen LogP) is 3.96. The highest BCUT2D eigenvalue weighted by atomic mass is 16.6. The maximum Gasteiger partial charge on any atom is 0.363 e. The summed E-state index contributed by atoms with van der Waals surface area (Å²) in [6.45, 7) is 5.45. The summed E-state index contributed by atoms with van der Waals surface area (Å²) in [4.78, 5) is 38.7. The molecule has 0 spiro atoms. The van der Waals surface area contributed by atoms with E-state index in [0.717, 1.165) is 0 Å². The first-order chi connectivity index (χ1) is 14.8. The second-order valence-electron chi connectivity index (χ2n) is 6.56. The Hall–Kier alpha value is -4.01. The Morgan fingerprint density at radius 3 is 2.65 bits per heavy atom. The summed E-state index contributed by atoms with van der Waals surface area (Å²) in [7, 11) is 0. The van der Waals surface area contributed by atoms with E-state index in [1.165, 1.54) is 12.1 Å². The van der Waals surface area contributed by atoms with Crippen LogP contribution in [-0.2, 0) is 14.3 Å². The average molecular weight is 424 g/mol. The molecule has 2 aromatic carbocycles. The van der Waals surface area contributed by atoms with Gasteiger partial charge in [-0.25, -0.2) is 9.79 Å². The normalized spacial score (nSPS) is 14.2. The molecule has 0 radical (unpaired) electrons. The minimum Gasteiger partial charge on any atom is -0.490 e. The summed E-state index contributed by atoms with van der Waals surface area (Å²) in [6, 6.07) is 9.31. The second-order valence-corrected chi connectivity index (χ2v) is 6.56. The first-order valence-corrected chi connectivity index (χ1v) is 9.57. The molecule has 0 fully saturated rings. The minimum absolute atomic E-state index is 0.0159. The molecule has 9 nitrogen and oxygen atoms in total. The van der Waals surface area contributed by atoms with Gasteiger partial charge >= 0.3 is 11.9 Å². The molecule has 31 heavy (non-hydrogen) atoms. The monoisotopic (exact) mass is 424 g/mol. The van der Waals surface area contributed by atoms with Crippen molar-refractivity contribution in [2.45, 2.75) is 27.2 Å². The van der Waals surface area contributed by atoms with Gasteiger partial charge in [-0.1, -0.05) is 19.1 Å². The molecule has 3 rings (SSSR count). The lowest BCUT2D eigenvalue weighted by molar-refractivity contribution is -0.385. The van der Waals surface area contributed by atoms with Crippen molar-refractivity contribution in [1.29, 1.82) is 0 Å². The number of nitro groups is 1. The molecule has 160 valence electrons. The number of carbonyl (C=O) groups is 2. The van der Waals surface area contributed by atoms with Crippen LogP contribution in [0.4, 0.5) is 5.69 Å². The topological polar surface area (TPSA) is 117 Å². The standard InChI is InChI=1S/C22H20N2O7/c1-4-20(25)30-18-9-7-14(11-19(18)29-5-2)10-16-22(26)31-21(23-16)15-8-6-13(3)17(12-15)24(27)28/h6-12H,4-5H2,1-3H3. The van der Waals surface area contributed by atoms with Gasteiger partial charge < -0.3 is 14.2 Å². The molecule has 1 aliphatic heterocycles. The Bertz CT molecular complexity index is 1120. The Kier molecular flexibility index (Phi) is 6.44.